The van der Waals surface area contributed by atoms with Gasteiger partial charge in [0.05, 0.1) is 12.1 Å². The smallest absolute Gasteiger partial charge is 0.262 e. The summed E-state index contributed by atoms with van der Waals surface area (Å²) in [5, 5.41) is 9.55. The average Bonchev–Trinajstić information content (AvgIpc) is 2.03. The lowest BCUT2D eigenvalue weighted by molar-refractivity contribution is -0.00549. The second kappa shape index (κ2) is 2.64. The van der Waals surface area contributed by atoms with Gasteiger partial charge in [-0.25, -0.2) is 8.78 Å². The molecular formula is C8H15F2NO. The molecule has 1 unspecified atom stereocenters. The van der Waals surface area contributed by atoms with Crippen LogP contribution in [-0.4, -0.2) is 41.2 Å². The first kappa shape index (κ1) is 9.86. The lowest BCUT2D eigenvalue weighted by Crippen LogP contribution is -2.43. The number of nitrogens with zero attached hydrogens (tertiary/aromatic N) is 1. The Balaban J connectivity index is 2.71. The van der Waals surface area contributed by atoms with E-state index in [2.05, 4.69) is 0 Å². The number of rotatable bonds is 1. The monoisotopic (exact) mass is 179 g/mol. The molecule has 0 saturated carbocycles. The number of likely N-dealkylation sites (N-methyl/N-ethyl adjacent to an activating group) is 1. The molecule has 0 aromatic heterocycles. The van der Waals surface area contributed by atoms with Gasteiger partial charge in [-0.3, -0.25) is 4.90 Å². The van der Waals surface area contributed by atoms with E-state index >= 15 is 0 Å². The molecule has 72 valence electrons. The molecule has 2 nitrogen and oxygen atoms in total. The lowest BCUT2D eigenvalue weighted by atomic mass is 9.96. The largest absolute Gasteiger partial charge is 0.389 e. The van der Waals surface area contributed by atoms with Crippen molar-refractivity contribution in [3.63, 3.8) is 0 Å². The summed E-state index contributed by atoms with van der Waals surface area (Å²) < 4.78 is 25.6. The molecule has 12 heavy (non-hydrogen) atoms. The summed E-state index contributed by atoms with van der Waals surface area (Å²) in [4.78, 5) is 1.51. The van der Waals surface area contributed by atoms with E-state index in [0.717, 1.165) is 0 Å². The van der Waals surface area contributed by atoms with Crippen molar-refractivity contribution in [3.8, 4) is 0 Å². The molecule has 0 aliphatic carbocycles. The maximum absolute atomic E-state index is 12.8. The molecule has 0 spiro atoms. The van der Waals surface area contributed by atoms with Gasteiger partial charge in [0.15, 0.2) is 0 Å². The molecule has 1 saturated heterocycles. The third kappa shape index (κ3) is 1.93. The van der Waals surface area contributed by atoms with Crippen molar-refractivity contribution < 1.29 is 13.9 Å². The molecule has 0 aromatic carbocycles. The van der Waals surface area contributed by atoms with E-state index in [1.165, 1.54) is 4.90 Å². The molecule has 0 radical (unpaired) electrons. The SMILES string of the molecule is CN1CC(F)(F)CC1C(C)(C)O. The van der Waals surface area contributed by atoms with E-state index < -0.39 is 17.6 Å². The summed E-state index contributed by atoms with van der Waals surface area (Å²) in [7, 11) is 1.61. The van der Waals surface area contributed by atoms with E-state index in [-0.39, 0.29) is 13.0 Å². The van der Waals surface area contributed by atoms with Crippen LogP contribution < -0.4 is 0 Å². The zero-order valence-electron chi connectivity index (χ0n) is 7.64. The van der Waals surface area contributed by atoms with Crippen LogP contribution in [0.5, 0.6) is 0 Å². The predicted molar refractivity (Wildman–Crippen MR) is 42.3 cm³/mol. The number of likely N-dealkylation sites (tertiary alicyclic amines) is 1. The van der Waals surface area contributed by atoms with Crippen LogP contribution >= 0.6 is 0 Å². The van der Waals surface area contributed by atoms with Crippen LogP contribution in [0.25, 0.3) is 0 Å². The average molecular weight is 179 g/mol. The summed E-state index contributed by atoms with van der Waals surface area (Å²) in [6.45, 7) is 2.88. The summed E-state index contributed by atoms with van der Waals surface area (Å²) in [6.07, 6.45) is -0.243. The van der Waals surface area contributed by atoms with Crippen molar-refractivity contribution in [2.45, 2.75) is 37.8 Å². The van der Waals surface area contributed by atoms with E-state index in [1.54, 1.807) is 20.9 Å². The second-order valence-corrected chi connectivity index (χ2v) is 4.14. The fourth-order valence-electron chi connectivity index (χ4n) is 1.77. The number of alkyl halides is 2. The normalized spacial score (nSPS) is 31.0. The lowest BCUT2D eigenvalue weighted by Gasteiger charge is -2.30. The highest BCUT2D eigenvalue weighted by Crippen LogP contribution is 2.35. The molecule has 0 amide bonds. The maximum atomic E-state index is 12.8. The van der Waals surface area contributed by atoms with Gasteiger partial charge in [0.2, 0.25) is 0 Å². The van der Waals surface area contributed by atoms with Gasteiger partial charge < -0.3 is 5.11 Å². The Bertz CT molecular complexity index is 176. The molecule has 1 rings (SSSR count). The molecule has 4 heteroatoms. The van der Waals surface area contributed by atoms with E-state index in [0.29, 0.717) is 0 Å². The summed E-state index contributed by atoms with van der Waals surface area (Å²) in [5.74, 6) is -2.64. The van der Waals surface area contributed by atoms with Crippen LogP contribution in [0.15, 0.2) is 0 Å². The molecule has 1 atom stereocenters. The van der Waals surface area contributed by atoms with Gasteiger partial charge in [-0.15, -0.1) is 0 Å². The van der Waals surface area contributed by atoms with Gasteiger partial charge in [0, 0.05) is 12.5 Å². The zero-order chi connectivity index (χ0) is 9.57. The van der Waals surface area contributed by atoms with Crippen molar-refractivity contribution in [2.75, 3.05) is 13.6 Å². The van der Waals surface area contributed by atoms with Crippen LogP contribution in [0.2, 0.25) is 0 Å². The van der Waals surface area contributed by atoms with E-state index in [1.807, 2.05) is 0 Å². The molecule has 1 N–H and O–H groups in total. The Labute approximate surface area is 71.2 Å². The van der Waals surface area contributed by atoms with Crippen molar-refractivity contribution >= 4 is 0 Å². The van der Waals surface area contributed by atoms with Crippen molar-refractivity contribution in [2.24, 2.45) is 0 Å². The van der Waals surface area contributed by atoms with Gasteiger partial charge in [0.1, 0.15) is 0 Å². The topological polar surface area (TPSA) is 23.5 Å². The highest BCUT2D eigenvalue weighted by Gasteiger charge is 2.48. The third-order valence-electron chi connectivity index (χ3n) is 2.32. The molecule has 0 aromatic rings. The summed E-state index contributed by atoms with van der Waals surface area (Å²) in [5.41, 5.74) is -1.05. The molecule has 1 aliphatic heterocycles. The van der Waals surface area contributed by atoms with E-state index in [9.17, 15) is 13.9 Å². The van der Waals surface area contributed by atoms with Gasteiger partial charge in [-0.1, -0.05) is 0 Å². The highest BCUT2D eigenvalue weighted by molar-refractivity contribution is 4.96. The molecule has 1 fully saturated rings. The Morgan fingerprint density at radius 3 is 2.17 bits per heavy atom. The van der Waals surface area contributed by atoms with Crippen molar-refractivity contribution in [3.05, 3.63) is 0 Å². The predicted octanol–water partition coefficient (Wildman–Crippen LogP) is 1.10. The van der Waals surface area contributed by atoms with Crippen LogP contribution in [0.3, 0.4) is 0 Å². The van der Waals surface area contributed by atoms with Gasteiger partial charge in [-0.2, -0.15) is 0 Å². The fourth-order valence-corrected chi connectivity index (χ4v) is 1.77. The van der Waals surface area contributed by atoms with Crippen LogP contribution in [0.1, 0.15) is 20.3 Å². The molecule has 1 aliphatic rings. The highest BCUT2D eigenvalue weighted by atomic mass is 19.3. The van der Waals surface area contributed by atoms with Gasteiger partial charge >= 0.3 is 0 Å². The van der Waals surface area contributed by atoms with Gasteiger partial charge in [0.25, 0.3) is 5.92 Å². The number of aliphatic hydroxyl groups is 1. The van der Waals surface area contributed by atoms with Crippen molar-refractivity contribution in [1.29, 1.82) is 0 Å². The number of halogens is 2. The second-order valence-electron chi connectivity index (χ2n) is 4.14. The zero-order valence-corrected chi connectivity index (χ0v) is 7.64. The van der Waals surface area contributed by atoms with Crippen molar-refractivity contribution in [1.82, 2.24) is 4.90 Å². The standard InChI is InChI=1S/C8H15F2NO/c1-7(2,12)6-4-8(9,10)5-11(6)3/h6,12H,4-5H2,1-3H3. The Morgan fingerprint density at radius 1 is 1.50 bits per heavy atom. The third-order valence-corrected chi connectivity index (χ3v) is 2.32. The summed E-state index contributed by atoms with van der Waals surface area (Å²) in [6, 6.07) is -0.438. The Kier molecular flexibility index (Phi) is 2.17. The van der Waals surface area contributed by atoms with E-state index in [4.69, 9.17) is 0 Å². The Hall–Kier alpha value is -0.220. The Morgan fingerprint density at radius 2 is 2.00 bits per heavy atom. The minimum atomic E-state index is -2.64. The number of hydrogen-bond acceptors (Lipinski definition) is 2. The first-order valence-electron chi connectivity index (χ1n) is 4.03. The molecule has 0 bridgehead atoms. The minimum absolute atomic E-state index is 0.243. The molecule has 1 heterocycles. The number of hydrogen-bond donors (Lipinski definition) is 1. The van der Waals surface area contributed by atoms with Crippen LogP contribution in [-0.2, 0) is 0 Å². The van der Waals surface area contributed by atoms with Crippen LogP contribution in [0.4, 0.5) is 8.78 Å². The molecular weight excluding hydrogens is 164 g/mol. The first-order chi connectivity index (χ1) is 5.22. The maximum Gasteiger partial charge on any atom is 0.262 e. The van der Waals surface area contributed by atoms with Gasteiger partial charge in [-0.05, 0) is 20.9 Å². The minimum Gasteiger partial charge on any atom is -0.389 e. The summed E-state index contributed by atoms with van der Waals surface area (Å²) >= 11 is 0. The van der Waals surface area contributed by atoms with Crippen LogP contribution in [0, 0.1) is 0 Å². The quantitative estimate of drug-likeness (QED) is 0.651. The first-order valence-corrected chi connectivity index (χ1v) is 4.03. The fraction of sp³-hybridized carbons (Fsp3) is 1.00.